The summed E-state index contributed by atoms with van der Waals surface area (Å²) in [4.78, 5) is 26.5. The maximum Gasteiger partial charge on any atom is 0.328 e. The van der Waals surface area contributed by atoms with Crippen molar-refractivity contribution in [3.8, 4) is 0 Å². The summed E-state index contributed by atoms with van der Waals surface area (Å²) < 4.78 is 0. The van der Waals surface area contributed by atoms with Gasteiger partial charge >= 0.3 is 5.97 Å². The van der Waals surface area contributed by atoms with Gasteiger partial charge in [0.2, 0.25) is 0 Å². The highest BCUT2D eigenvalue weighted by atomic mass is 16.4. The van der Waals surface area contributed by atoms with Gasteiger partial charge in [0.05, 0.1) is 5.56 Å². The average molecular weight is 290 g/mol. The van der Waals surface area contributed by atoms with Gasteiger partial charge in [-0.1, -0.05) is 26.2 Å². The van der Waals surface area contributed by atoms with Crippen LogP contribution < -0.4 is 5.32 Å². The zero-order valence-corrected chi connectivity index (χ0v) is 12.5. The number of amides is 1. The Hall–Kier alpha value is -2.17. The minimum atomic E-state index is -1.03. The van der Waals surface area contributed by atoms with Crippen LogP contribution >= 0.6 is 0 Å². The van der Waals surface area contributed by atoms with E-state index in [9.17, 15) is 9.59 Å². The van der Waals surface area contributed by atoms with Crippen molar-refractivity contribution < 1.29 is 14.7 Å². The second-order valence-electron chi connectivity index (χ2n) is 5.05. The number of pyridine rings is 1. The quantitative estimate of drug-likeness (QED) is 0.570. The Morgan fingerprint density at radius 3 is 2.81 bits per heavy atom. The average Bonchev–Trinajstić information content (AvgIpc) is 2.45. The van der Waals surface area contributed by atoms with E-state index in [2.05, 4.69) is 17.2 Å². The highest BCUT2D eigenvalue weighted by Gasteiger charge is 2.10. The minimum Gasteiger partial charge on any atom is -0.478 e. The van der Waals surface area contributed by atoms with Crippen molar-refractivity contribution in [1.29, 1.82) is 0 Å². The predicted molar refractivity (Wildman–Crippen MR) is 82.0 cm³/mol. The van der Waals surface area contributed by atoms with Crippen molar-refractivity contribution in [2.45, 2.75) is 45.6 Å². The molecule has 0 fully saturated rings. The lowest BCUT2D eigenvalue weighted by Gasteiger charge is -2.13. The van der Waals surface area contributed by atoms with Gasteiger partial charge in [0.15, 0.2) is 0 Å². The van der Waals surface area contributed by atoms with Crippen LogP contribution in [0, 0.1) is 0 Å². The second kappa shape index (κ2) is 8.89. The van der Waals surface area contributed by atoms with Crippen LogP contribution in [0.25, 0.3) is 6.08 Å². The summed E-state index contributed by atoms with van der Waals surface area (Å²) >= 11 is 0. The number of carboxylic acid groups (broad SMARTS) is 1. The number of nitrogens with zero attached hydrogens (tertiary/aromatic N) is 1. The summed E-state index contributed by atoms with van der Waals surface area (Å²) in [5.41, 5.74) is 1.02. The van der Waals surface area contributed by atoms with Gasteiger partial charge in [-0.25, -0.2) is 4.79 Å². The molecule has 1 rings (SSSR count). The van der Waals surface area contributed by atoms with E-state index >= 15 is 0 Å². The Labute approximate surface area is 125 Å². The first kappa shape index (κ1) is 16.9. The molecular weight excluding hydrogens is 268 g/mol. The number of carbonyl (C=O) groups is 2. The maximum absolute atomic E-state index is 12.1. The molecule has 0 spiro atoms. The highest BCUT2D eigenvalue weighted by Crippen LogP contribution is 2.07. The standard InChI is InChI=1S/C16H22N2O3/c1-3-4-5-6-12(2)18-16(21)14-9-13(10-17-11-14)7-8-15(19)20/h7-12H,3-6H2,1-2H3,(H,18,21)(H,19,20). The molecule has 1 unspecified atom stereocenters. The third kappa shape index (κ3) is 6.70. The van der Waals surface area contributed by atoms with Gasteiger partial charge < -0.3 is 10.4 Å². The normalized spacial score (nSPS) is 12.3. The van der Waals surface area contributed by atoms with Crippen LogP contribution in [0.5, 0.6) is 0 Å². The summed E-state index contributed by atoms with van der Waals surface area (Å²) in [5.74, 6) is -1.22. The molecule has 1 aromatic heterocycles. The number of aromatic nitrogens is 1. The van der Waals surface area contributed by atoms with Gasteiger partial charge in [0, 0.05) is 24.5 Å². The van der Waals surface area contributed by atoms with E-state index in [0.29, 0.717) is 11.1 Å². The van der Waals surface area contributed by atoms with Crippen molar-refractivity contribution >= 4 is 18.0 Å². The Morgan fingerprint density at radius 2 is 2.14 bits per heavy atom. The third-order valence-electron chi connectivity index (χ3n) is 3.06. The zero-order chi connectivity index (χ0) is 15.7. The molecule has 0 aliphatic carbocycles. The van der Waals surface area contributed by atoms with Gasteiger partial charge in [-0.2, -0.15) is 0 Å². The number of aliphatic carboxylic acids is 1. The van der Waals surface area contributed by atoms with Gasteiger partial charge in [-0.05, 0) is 31.1 Å². The smallest absolute Gasteiger partial charge is 0.328 e. The highest BCUT2D eigenvalue weighted by molar-refractivity contribution is 5.95. The number of hydrogen-bond donors (Lipinski definition) is 2. The Bertz CT molecular complexity index is 512. The number of rotatable bonds is 8. The third-order valence-corrected chi connectivity index (χ3v) is 3.06. The molecule has 0 radical (unpaired) electrons. The molecule has 0 bridgehead atoms. The largest absolute Gasteiger partial charge is 0.478 e. The van der Waals surface area contributed by atoms with Crippen molar-refractivity contribution in [2.75, 3.05) is 0 Å². The molecule has 0 aliphatic heterocycles. The molecule has 0 saturated heterocycles. The molecule has 2 N–H and O–H groups in total. The summed E-state index contributed by atoms with van der Waals surface area (Å²) in [6.07, 6.45) is 9.79. The van der Waals surface area contributed by atoms with Gasteiger partial charge in [0.25, 0.3) is 5.91 Å². The van der Waals surface area contributed by atoms with Crippen LogP contribution in [0.2, 0.25) is 0 Å². The molecule has 5 heteroatoms. The van der Waals surface area contributed by atoms with Crippen LogP contribution in [-0.2, 0) is 4.79 Å². The molecule has 1 heterocycles. The monoisotopic (exact) mass is 290 g/mol. The first-order valence-electron chi connectivity index (χ1n) is 7.20. The maximum atomic E-state index is 12.1. The van der Waals surface area contributed by atoms with Crippen LogP contribution in [-0.4, -0.2) is 28.0 Å². The molecule has 114 valence electrons. The Morgan fingerprint density at radius 1 is 1.38 bits per heavy atom. The summed E-state index contributed by atoms with van der Waals surface area (Å²) in [7, 11) is 0. The van der Waals surface area contributed by atoms with Gasteiger partial charge in [-0.15, -0.1) is 0 Å². The van der Waals surface area contributed by atoms with E-state index in [1.807, 2.05) is 6.92 Å². The number of unbranched alkanes of at least 4 members (excludes halogenated alkanes) is 2. The first-order valence-corrected chi connectivity index (χ1v) is 7.20. The fourth-order valence-corrected chi connectivity index (χ4v) is 1.92. The molecule has 5 nitrogen and oxygen atoms in total. The van der Waals surface area contributed by atoms with E-state index in [4.69, 9.17) is 5.11 Å². The van der Waals surface area contributed by atoms with Crippen molar-refractivity contribution in [3.05, 3.63) is 35.7 Å². The van der Waals surface area contributed by atoms with Crippen molar-refractivity contribution in [3.63, 3.8) is 0 Å². The van der Waals surface area contributed by atoms with E-state index in [1.165, 1.54) is 18.5 Å². The summed E-state index contributed by atoms with van der Waals surface area (Å²) in [5, 5.41) is 11.5. The summed E-state index contributed by atoms with van der Waals surface area (Å²) in [6, 6.07) is 1.74. The fourth-order valence-electron chi connectivity index (χ4n) is 1.92. The molecule has 1 aromatic rings. The number of carboxylic acids is 1. The van der Waals surface area contributed by atoms with Crippen molar-refractivity contribution in [1.82, 2.24) is 10.3 Å². The number of nitrogens with one attached hydrogen (secondary N) is 1. The zero-order valence-electron chi connectivity index (χ0n) is 12.5. The van der Waals surface area contributed by atoms with E-state index in [0.717, 1.165) is 31.8 Å². The van der Waals surface area contributed by atoms with Crippen LogP contribution in [0.4, 0.5) is 0 Å². The second-order valence-corrected chi connectivity index (χ2v) is 5.05. The van der Waals surface area contributed by atoms with E-state index in [1.54, 1.807) is 6.07 Å². The van der Waals surface area contributed by atoms with E-state index in [-0.39, 0.29) is 11.9 Å². The molecule has 21 heavy (non-hydrogen) atoms. The lowest BCUT2D eigenvalue weighted by molar-refractivity contribution is -0.131. The molecule has 1 atom stereocenters. The molecule has 0 aromatic carbocycles. The summed E-state index contributed by atoms with van der Waals surface area (Å²) in [6.45, 7) is 4.13. The predicted octanol–water partition coefficient (Wildman–Crippen LogP) is 2.88. The van der Waals surface area contributed by atoms with Crippen LogP contribution in [0.1, 0.15) is 55.5 Å². The van der Waals surface area contributed by atoms with Crippen LogP contribution in [0.15, 0.2) is 24.5 Å². The molecular formula is C16H22N2O3. The fraction of sp³-hybridized carbons (Fsp3) is 0.438. The Kier molecular flexibility index (Phi) is 7.15. The lowest BCUT2D eigenvalue weighted by atomic mass is 10.1. The SMILES string of the molecule is CCCCCC(C)NC(=O)c1cncc(C=CC(=O)O)c1. The first-order chi connectivity index (χ1) is 10.0. The Balaban J connectivity index is 2.61. The topological polar surface area (TPSA) is 79.3 Å². The van der Waals surface area contributed by atoms with E-state index < -0.39 is 5.97 Å². The molecule has 0 saturated carbocycles. The molecule has 1 amide bonds. The number of hydrogen-bond acceptors (Lipinski definition) is 3. The molecule has 0 aliphatic rings. The lowest BCUT2D eigenvalue weighted by Crippen LogP contribution is -2.32. The minimum absolute atomic E-state index is 0.113. The van der Waals surface area contributed by atoms with Crippen molar-refractivity contribution in [2.24, 2.45) is 0 Å². The van der Waals surface area contributed by atoms with Gasteiger partial charge in [0.1, 0.15) is 0 Å². The number of carbonyl (C=O) groups excluding carboxylic acids is 1. The van der Waals surface area contributed by atoms with Gasteiger partial charge in [-0.3, -0.25) is 9.78 Å². The van der Waals surface area contributed by atoms with Crippen LogP contribution in [0.3, 0.4) is 0 Å².